The number of hydrogen-bond acceptors (Lipinski definition) is 4. The number of carbonyl (C=O) groups is 1. The van der Waals surface area contributed by atoms with Gasteiger partial charge in [0.2, 0.25) is 0 Å². The molecule has 0 atom stereocenters. The molecule has 0 unspecified atom stereocenters. The van der Waals surface area contributed by atoms with Crippen LogP contribution in [-0.4, -0.2) is 46.4 Å². The average Bonchev–Trinajstić information content (AvgIpc) is 2.98. The molecular weight excluding hydrogens is 296 g/mol. The fourth-order valence-corrected chi connectivity index (χ4v) is 2.36. The summed E-state index contributed by atoms with van der Waals surface area (Å²) in [6.45, 7) is 0. The second kappa shape index (κ2) is 5.60. The standard InChI is InChI=1S/C16H16N4O3/c1-19(2)15(21)10-4-5-11(13(8-10)23-3)12-9-20-14(18-12)6-7-17-16(20)22/h4-9H,1-3H3,(H,17,22). The van der Waals surface area contributed by atoms with E-state index in [1.165, 1.54) is 16.4 Å². The van der Waals surface area contributed by atoms with Gasteiger partial charge in [-0.1, -0.05) is 0 Å². The molecule has 2 aromatic heterocycles. The number of H-pyrrole nitrogens is 1. The number of nitrogens with one attached hydrogen (secondary N) is 1. The Morgan fingerprint density at radius 1 is 1.30 bits per heavy atom. The predicted octanol–water partition coefficient (Wildman–Crippen LogP) is 1.40. The monoisotopic (exact) mass is 312 g/mol. The largest absolute Gasteiger partial charge is 0.496 e. The Morgan fingerprint density at radius 3 is 2.74 bits per heavy atom. The third-order valence-corrected chi connectivity index (χ3v) is 3.52. The Kier molecular flexibility index (Phi) is 3.61. The Bertz CT molecular complexity index is 940. The number of benzene rings is 1. The molecule has 0 saturated heterocycles. The Balaban J connectivity index is 2.13. The van der Waals surface area contributed by atoms with Crippen LogP contribution in [0, 0.1) is 0 Å². The van der Waals surface area contributed by atoms with Crippen LogP contribution in [0.15, 0.2) is 41.5 Å². The molecule has 1 aromatic carbocycles. The summed E-state index contributed by atoms with van der Waals surface area (Å²) in [7, 11) is 4.92. The lowest BCUT2D eigenvalue weighted by molar-refractivity contribution is 0.0827. The molecule has 0 bridgehead atoms. The van der Waals surface area contributed by atoms with Crippen molar-refractivity contribution in [1.82, 2.24) is 19.3 Å². The highest BCUT2D eigenvalue weighted by Crippen LogP contribution is 2.30. The first-order chi connectivity index (χ1) is 11.0. The van der Waals surface area contributed by atoms with Crippen LogP contribution in [-0.2, 0) is 0 Å². The molecule has 0 spiro atoms. The smallest absolute Gasteiger partial charge is 0.331 e. The predicted molar refractivity (Wildman–Crippen MR) is 85.8 cm³/mol. The lowest BCUT2D eigenvalue weighted by Gasteiger charge is -2.12. The first-order valence-electron chi connectivity index (χ1n) is 6.98. The van der Waals surface area contributed by atoms with E-state index in [1.54, 1.807) is 50.8 Å². The fraction of sp³-hybridized carbons (Fsp3) is 0.188. The molecule has 1 amide bonds. The minimum atomic E-state index is -0.264. The normalized spacial score (nSPS) is 10.7. The van der Waals surface area contributed by atoms with E-state index in [0.29, 0.717) is 28.2 Å². The second-order valence-corrected chi connectivity index (χ2v) is 5.25. The molecule has 0 aliphatic heterocycles. The highest BCUT2D eigenvalue weighted by molar-refractivity contribution is 5.95. The molecule has 0 fully saturated rings. The number of rotatable bonds is 3. The topological polar surface area (TPSA) is 79.7 Å². The maximum Gasteiger partial charge on any atom is 0.331 e. The number of amides is 1. The Hall–Kier alpha value is -3.09. The molecule has 0 aliphatic rings. The summed E-state index contributed by atoms with van der Waals surface area (Å²) >= 11 is 0. The molecule has 118 valence electrons. The van der Waals surface area contributed by atoms with Gasteiger partial charge in [0.15, 0.2) is 0 Å². The molecule has 7 heteroatoms. The van der Waals surface area contributed by atoms with Gasteiger partial charge in [0.05, 0.1) is 12.8 Å². The van der Waals surface area contributed by atoms with Gasteiger partial charge < -0.3 is 14.6 Å². The summed E-state index contributed by atoms with van der Waals surface area (Å²) in [5.74, 6) is 0.416. The minimum absolute atomic E-state index is 0.110. The van der Waals surface area contributed by atoms with Gasteiger partial charge in [-0.15, -0.1) is 0 Å². The summed E-state index contributed by atoms with van der Waals surface area (Å²) in [4.78, 5) is 32.4. The zero-order valence-corrected chi connectivity index (χ0v) is 13.0. The molecule has 1 N–H and O–H groups in total. The zero-order valence-electron chi connectivity index (χ0n) is 13.0. The summed E-state index contributed by atoms with van der Waals surface area (Å²) in [6.07, 6.45) is 3.18. The lowest BCUT2D eigenvalue weighted by Crippen LogP contribution is -2.21. The number of aromatic nitrogens is 3. The lowest BCUT2D eigenvalue weighted by atomic mass is 10.1. The molecule has 0 aliphatic carbocycles. The number of fused-ring (bicyclic) bond motifs is 1. The van der Waals surface area contributed by atoms with Crippen LogP contribution in [0.2, 0.25) is 0 Å². The molecule has 7 nitrogen and oxygen atoms in total. The van der Waals surface area contributed by atoms with Crippen LogP contribution in [0.3, 0.4) is 0 Å². The van der Waals surface area contributed by atoms with Gasteiger partial charge in [0, 0.05) is 37.6 Å². The Labute approximate surface area is 132 Å². The van der Waals surface area contributed by atoms with E-state index in [0.717, 1.165) is 0 Å². The number of methoxy groups -OCH3 is 1. The third kappa shape index (κ3) is 2.57. The number of hydrogen-bond donors (Lipinski definition) is 1. The summed E-state index contributed by atoms with van der Waals surface area (Å²) < 4.78 is 6.81. The van der Waals surface area contributed by atoms with E-state index in [4.69, 9.17) is 4.74 Å². The summed E-state index contributed by atoms with van der Waals surface area (Å²) in [5, 5.41) is 0. The average molecular weight is 312 g/mol. The van der Waals surface area contributed by atoms with E-state index in [-0.39, 0.29) is 11.6 Å². The van der Waals surface area contributed by atoms with Crippen LogP contribution in [0.25, 0.3) is 16.9 Å². The summed E-state index contributed by atoms with van der Waals surface area (Å²) in [6, 6.07) is 6.87. The first kappa shape index (κ1) is 14.8. The van der Waals surface area contributed by atoms with E-state index in [1.807, 2.05) is 0 Å². The highest BCUT2D eigenvalue weighted by Gasteiger charge is 2.15. The van der Waals surface area contributed by atoms with Gasteiger partial charge in [0.1, 0.15) is 11.4 Å². The maximum atomic E-state index is 12.1. The van der Waals surface area contributed by atoms with Crippen molar-refractivity contribution in [3.8, 4) is 17.0 Å². The van der Waals surface area contributed by atoms with Crippen molar-refractivity contribution in [2.45, 2.75) is 0 Å². The number of carbonyl (C=O) groups excluding carboxylic acids is 1. The molecule has 2 heterocycles. The van der Waals surface area contributed by atoms with E-state index in [2.05, 4.69) is 9.97 Å². The van der Waals surface area contributed by atoms with Gasteiger partial charge in [-0.05, 0) is 24.3 Å². The van der Waals surface area contributed by atoms with E-state index < -0.39 is 0 Å². The van der Waals surface area contributed by atoms with Gasteiger partial charge in [-0.25, -0.2) is 9.78 Å². The highest BCUT2D eigenvalue weighted by atomic mass is 16.5. The first-order valence-corrected chi connectivity index (χ1v) is 6.98. The number of imidazole rings is 1. The Morgan fingerprint density at radius 2 is 2.09 bits per heavy atom. The molecule has 0 radical (unpaired) electrons. The van der Waals surface area contributed by atoms with Crippen molar-refractivity contribution in [3.05, 3.63) is 52.7 Å². The van der Waals surface area contributed by atoms with Gasteiger partial charge in [-0.3, -0.25) is 9.20 Å². The van der Waals surface area contributed by atoms with Crippen LogP contribution < -0.4 is 10.4 Å². The van der Waals surface area contributed by atoms with Crippen molar-refractivity contribution in [3.63, 3.8) is 0 Å². The quantitative estimate of drug-likeness (QED) is 0.793. The summed E-state index contributed by atoms with van der Waals surface area (Å²) in [5.41, 5.74) is 2.12. The molecule has 3 aromatic rings. The van der Waals surface area contributed by atoms with Crippen LogP contribution in [0.1, 0.15) is 10.4 Å². The minimum Gasteiger partial charge on any atom is -0.496 e. The molecule has 23 heavy (non-hydrogen) atoms. The zero-order chi connectivity index (χ0) is 16.6. The van der Waals surface area contributed by atoms with Gasteiger partial charge in [-0.2, -0.15) is 0 Å². The second-order valence-electron chi connectivity index (χ2n) is 5.25. The van der Waals surface area contributed by atoms with Gasteiger partial charge >= 0.3 is 5.69 Å². The van der Waals surface area contributed by atoms with Crippen molar-refractivity contribution in [2.24, 2.45) is 0 Å². The molecule has 3 rings (SSSR count). The fourth-order valence-electron chi connectivity index (χ4n) is 2.36. The van der Waals surface area contributed by atoms with Crippen LogP contribution in [0.4, 0.5) is 0 Å². The van der Waals surface area contributed by atoms with E-state index in [9.17, 15) is 9.59 Å². The molecular formula is C16H16N4O3. The van der Waals surface area contributed by atoms with Crippen molar-refractivity contribution in [1.29, 1.82) is 0 Å². The number of ether oxygens (including phenoxy) is 1. The van der Waals surface area contributed by atoms with E-state index >= 15 is 0 Å². The number of nitrogens with zero attached hydrogens (tertiary/aromatic N) is 3. The number of aromatic amines is 1. The van der Waals surface area contributed by atoms with Crippen LogP contribution in [0.5, 0.6) is 5.75 Å². The van der Waals surface area contributed by atoms with Gasteiger partial charge in [0.25, 0.3) is 5.91 Å². The van der Waals surface area contributed by atoms with Crippen molar-refractivity contribution >= 4 is 11.6 Å². The maximum absolute atomic E-state index is 12.1. The SMILES string of the molecule is COc1cc(C(=O)N(C)C)ccc1-c1cn2c(=O)[nH]ccc2n1. The molecule has 0 saturated carbocycles. The van der Waals surface area contributed by atoms with Crippen molar-refractivity contribution < 1.29 is 9.53 Å². The third-order valence-electron chi connectivity index (χ3n) is 3.52. The van der Waals surface area contributed by atoms with Crippen LogP contribution >= 0.6 is 0 Å². The van der Waals surface area contributed by atoms with Crippen molar-refractivity contribution in [2.75, 3.05) is 21.2 Å².